The fourth-order valence-corrected chi connectivity index (χ4v) is 10.1. The van der Waals surface area contributed by atoms with Crippen molar-refractivity contribution in [2.24, 2.45) is 11.8 Å². The molecule has 0 unspecified atom stereocenters. The molecule has 2 N–H and O–H groups in total. The van der Waals surface area contributed by atoms with E-state index < -0.39 is 17.3 Å². The highest BCUT2D eigenvalue weighted by atomic mass is 19.1. The molecule has 2 aromatic carbocycles. The molecule has 5 aliphatic rings. The molecule has 14 heteroatoms. The van der Waals surface area contributed by atoms with Gasteiger partial charge in [0, 0.05) is 48.4 Å². The molecule has 13 nitrogen and oxygen atoms in total. The zero-order chi connectivity index (χ0) is 39.5. The van der Waals surface area contributed by atoms with Crippen molar-refractivity contribution >= 4 is 28.6 Å². The second kappa shape index (κ2) is 12.6. The van der Waals surface area contributed by atoms with Gasteiger partial charge in [0.05, 0.1) is 23.0 Å². The van der Waals surface area contributed by atoms with Crippen LogP contribution in [0.15, 0.2) is 63.9 Å². The molecule has 1 amide bonds. The molecule has 10 rings (SSSR count). The first-order valence-electron chi connectivity index (χ1n) is 19.9. The quantitative estimate of drug-likeness (QED) is 0.179. The molecule has 5 aromatic rings. The van der Waals surface area contributed by atoms with Gasteiger partial charge >= 0.3 is 5.76 Å². The van der Waals surface area contributed by atoms with Crippen LogP contribution in [0, 0.1) is 31.5 Å². The Morgan fingerprint density at radius 3 is 2.56 bits per heavy atom. The van der Waals surface area contributed by atoms with Crippen molar-refractivity contribution < 1.29 is 23.2 Å². The highest BCUT2D eigenvalue weighted by molar-refractivity contribution is 6.00. The number of rotatable bonds is 7. The number of aryl methyl sites for hydroxylation is 2. The lowest BCUT2D eigenvalue weighted by molar-refractivity contribution is -0.0592. The van der Waals surface area contributed by atoms with E-state index >= 15 is 4.79 Å². The Kier molecular flexibility index (Phi) is 7.91. The fourth-order valence-electron chi connectivity index (χ4n) is 10.1. The van der Waals surface area contributed by atoms with E-state index in [0.717, 1.165) is 54.3 Å². The minimum absolute atomic E-state index is 0.168. The highest BCUT2D eigenvalue weighted by Crippen LogP contribution is 2.64. The summed E-state index contributed by atoms with van der Waals surface area (Å²) in [7, 11) is 0. The van der Waals surface area contributed by atoms with E-state index in [2.05, 4.69) is 52.1 Å². The summed E-state index contributed by atoms with van der Waals surface area (Å²) in [4.78, 5) is 46.6. The number of amides is 1. The van der Waals surface area contributed by atoms with Crippen molar-refractivity contribution in [3.05, 3.63) is 110 Å². The van der Waals surface area contributed by atoms with Crippen molar-refractivity contribution in [3.63, 3.8) is 0 Å². The van der Waals surface area contributed by atoms with Crippen molar-refractivity contribution in [3.8, 4) is 5.69 Å². The van der Waals surface area contributed by atoms with Gasteiger partial charge in [-0.2, -0.15) is 5.10 Å². The van der Waals surface area contributed by atoms with Gasteiger partial charge in [-0.05, 0) is 131 Å². The van der Waals surface area contributed by atoms with Crippen molar-refractivity contribution in [2.75, 3.05) is 18.1 Å². The Labute approximate surface area is 328 Å². The number of anilines is 1. The number of nitrogens with one attached hydrogen (secondary N) is 2. The molecule has 0 spiro atoms. The fraction of sp³-hybridized carbons (Fsp3) is 0.442. The van der Waals surface area contributed by atoms with E-state index in [1.165, 1.54) is 5.56 Å². The number of aromatic amines is 1. The van der Waals surface area contributed by atoms with Gasteiger partial charge < -0.3 is 19.5 Å². The Hall–Kier alpha value is -5.72. The third kappa shape index (κ3) is 5.55. The first-order chi connectivity index (χ1) is 27.4. The lowest BCUT2D eigenvalue weighted by atomic mass is 9.83. The zero-order valence-corrected chi connectivity index (χ0v) is 32.7. The van der Waals surface area contributed by atoms with Crippen LogP contribution in [-0.2, 0) is 21.5 Å². The summed E-state index contributed by atoms with van der Waals surface area (Å²) in [6, 6.07) is 11.5. The maximum Gasteiger partial charge on any atom is 0.438 e. The number of benzene rings is 2. The molecule has 2 aliphatic carbocycles. The third-order valence-corrected chi connectivity index (χ3v) is 13.0. The van der Waals surface area contributed by atoms with E-state index in [-0.39, 0.29) is 29.1 Å². The molecule has 3 fully saturated rings. The highest BCUT2D eigenvalue weighted by Gasteiger charge is 2.66. The van der Waals surface area contributed by atoms with E-state index in [1.807, 2.05) is 23.8 Å². The average Bonchev–Trinajstić information content (AvgIpc) is 3.91. The van der Waals surface area contributed by atoms with Gasteiger partial charge in [0.2, 0.25) is 5.82 Å². The van der Waals surface area contributed by atoms with Crippen LogP contribution in [0.3, 0.4) is 0 Å². The van der Waals surface area contributed by atoms with Gasteiger partial charge in [-0.15, -0.1) is 0 Å². The molecule has 0 radical (unpaired) electrons. The Morgan fingerprint density at radius 2 is 1.86 bits per heavy atom. The molecule has 0 bridgehead atoms. The number of hydrogen-bond acceptors (Lipinski definition) is 9. The number of ether oxygens (including phenoxy) is 1. The number of carbonyl (C=O) groups excluding carboxylic acids is 2. The van der Waals surface area contributed by atoms with E-state index in [4.69, 9.17) is 14.4 Å². The third-order valence-electron chi connectivity index (χ3n) is 13.0. The van der Waals surface area contributed by atoms with Gasteiger partial charge in [0.25, 0.3) is 5.91 Å². The van der Waals surface area contributed by atoms with E-state index in [1.54, 1.807) is 48.0 Å². The summed E-state index contributed by atoms with van der Waals surface area (Å²) >= 11 is 0. The van der Waals surface area contributed by atoms with Gasteiger partial charge in [-0.3, -0.25) is 19.2 Å². The lowest BCUT2D eigenvalue weighted by Crippen LogP contribution is -2.41. The second-order valence-electron chi connectivity index (χ2n) is 17.2. The molecule has 57 heavy (non-hydrogen) atoms. The monoisotopic (exact) mass is 772 g/mol. The summed E-state index contributed by atoms with van der Waals surface area (Å²) in [5, 5.41) is 13.2. The molecule has 3 aromatic heterocycles. The topological polar surface area (TPSA) is 144 Å². The molecule has 4 atom stereocenters. The summed E-state index contributed by atoms with van der Waals surface area (Å²) in [5.74, 6) is 3.05. The minimum atomic E-state index is -0.754. The number of aromatic nitrogens is 5. The van der Waals surface area contributed by atoms with Gasteiger partial charge in [-0.1, -0.05) is 11.2 Å². The zero-order valence-electron chi connectivity index (χ0n) is 32.7. The molecule has 294 valence electrons. The first kappa shape index (κ1) is 35.7. The predicted octanol–water partition coefficient (Wildman–Crippen LogP) is 6.42. The van der Waals surface area contributed by atoms with Crippen LogP contribution in [-0.4, -0.2) is 60.0 Å². The van der Waals surface area contributed by atoms with Crippen LogP contribution >= 0.6 is 0 Å². The maximum absolute atomic E-state index is 15.4. The summed E-state index contributed by atoms with van der Waals surface area (Å²) in [6.07, 6.45) is 8.53. The summed E-state index contributed by atoms with van der Waals surface area (Å²) in [6.45, 7) is 10.8. The second-order valence-corrected chi connectivity index (χ2v) is 17.2. The molecule has 1 saturated heterocycles. The molecule has 3 aliphatic heterocycles. The number of H-pyrrole nitrogens is 1. The van der Waals surface area contributed by atoms with Gasteiger partial charge in [0.15, 0.2) is 11.8 Å². The van der Waals surface area contributed by atoms with Crippen molar-refractivity contribution in [2.45, 2.75) is 96.2 Å². The first-order valence-corrected chi connectivity index (χ1v) is 19.9. The minimum Gasteiger partial charge on any atom is -0.376 e. The van der Waals surface area contributed by atoms with Crippen LogP contribution in [0.4, 0.5) is 10.2 Å². The average molecular weight is 773 g/mol. The number of nitrogens with zero attached hydrogens (tertiary/aromatic N) is 6. The lowest BCUT2D eigenvalue weighted by Gasteiger charge is -2.35. The van der Waals surface area contributed by atoms with Gasteiger partial charge in [-0.25, -0.2) is 18.7 Å². The summed E-state index contributed by atoms with van der Waals surface area (Å²) < 4.78 is 29.9. The summed E-state index contributed by atoms with van der Waals surface area (Å²) in [5.41, 5.74) is 4.77. The molecule has 2 saturated carbocycles. The van der Waals surface area contributed by atoms with Crippen LogP contribution in [0.25, 0.3) is 16.6 Å². The van der Waals surface area contributed by atoms with Crippen molar-refractivity contribution in [1.29, 1.82) is 0 Å². The van der Waals surface area contributed by atoms with E-state index in [0.29, 0.717) is 65.6 Å². The van der Waals surface area contributed by atoms with Crippen LogP contribution in [0.5, 0.6) is 0 Å². The number of halogens is 1. The molecular weight excluding hydrogens is 728 g/mol. The van der Waals surface area contributed by atoms with E-state index in [9.17, 15) is 14.0 Å². The SMILES string of the molecule is Cc1cc(-n2nc3c(c2N2C=CNC2=C=O)[C@H](C)N(C(=O)c2cc4cc([C@H]5CCOC(C)(C)C5)ccc4n2[C@@]2(c4noc(=O)[nH]4)C[C@@H]2C2CC2)CC3)cc(C)c1F. The molecule has 6 heterocycles. The van der Waals surface area contributed by atoms with Crippen molar-refractivity contribution in [1.82, 2.24) is 34.7 Å². The largest absolute Gasteiger partial charge is 0.438 e. The predicted molar refractivity (Wildman–Crippen MR) is 209 cm³/mol. The number of hydrogen-bond donors (Lipinski definition) is 2. The maximum atomic E-state index is 15.4. The van der Waals surface area contributed by atoms with Gasteiger partial charge in [0.1, 0.15) is 22.9 Å². The standard InChI is InChI=1S/C43H45FN8O5/c1-23-16-30(17-24(2)37(23)44)52-38(50-14-12-45-35(50)22-53)36-25(3)49(13-10-32(36)47-52)39(54)34-19-29-18-27(28-11-15-56-42(4,5)20-28)8-9-33(29)51(34)43(21-31(43)26-6-7-26)40-46-41(55)57-48-40/h8-9,12,14,16-19,25-26,28,31,45H,6-7,10-11,13,15,20-21H2,1-5H3,(H,46,48,55)/t25-,28-,31+,43-/m0/s1. The van der Waals surface area contributed by atoms with Crippen LogP contribution in [0.1, 0.15) is 109 Å². The van der Waals surface area contributed by atoms with Crippen LogP contribution < -0.4 is 16.0 Å². The Balaban J connectivity index is 1.12. The smallest absolute Gasteiger partial charge is 0.376 e. The molecular formula is C43H45FN8O5. The number of fused-ring (bicyclic) bond motifs is 2. The Bertz CT molecular complexity index is 2620. The van der Waals surface area contributed by atoms with Crippen LogP contribution in [0.2, 0.25) is 0 Å². The normalized spacial score (nSPS) is 25.2. The number of carbonyl (C=O) groups is 1. The Morgan fingerprint density at radius 1 is 1.07 bits per heavy atom.